The number of likely N-dealkylation sites (N-methyl/N-ethyl adjacent to an activating group) is 1. The molecule has 0 aliphatic carbocycles. The van der Waals surface area contributed by atoms with Crippen LogP contribution in [0.2, 0.25) is 0 Å². The zero-order valence-electron chi connectivity index (χ0n) is 20.0. The Bertz CT molecular complexity index is 1230. The monoisotopic (exact) mass is 492 g/mol. The van der Waals surface area contributed by atoms with E-state index in [9.17, 15) is 22.8 Å². The van der Waals surface area contributed by atoms with E-state index in [2.05, 4.69) is 16.8 Å². The van der Waals surface area contributed by atoms with Crippen LogP contribution in [0.1, 0.15) is 35.3 Å². The standard InChI is InChI=1S/C25H28F4N4O2/c1-6-16(7-2)17-10-21(22(12-20(17)26)33-9-8-31(4)15(3)13-33)30-24(35)18-14-32(5)23(34)11-19(18)25(27,28)29/h6-7,10-12,14-15H,1,8-9,13H2,2-5H3,(H,30,35)/b16-7+/t15-/m0/s1. The van der Waals surface area contributed by atoms with Gasteiger partial charge in [-0.05, 0) is 38.6 Å². The number of carbonyl (C=O) groups excluding carboxylic acids is 1. The van der Waals surface area contributed by atoms with Crippen molar-refractivity contribution in [1.29, 1.82) is 0 Å². The van der Waals surface area contributed by atoms with Crippen LogP contribution in [0, 0.1) is 5.82 Å². The quantitative estimate of drug-likeness (QED) is 0.493. The van der Waals surface area contributed by atoms with Gasteiger partial charge in [0.25, 0.3) is 11.5 Å². The number of nitrogens with zero attached hydrogens (tertiary/aromatic N) is 3. The molecule has 0 bridgehead atoms. The fourth-order valence-corrected chi connectivity index (χ4v) is 4.03. The van der Waals surface area contributed by atoms with Crippen LogP contribution in [-0.2, 0) is 13.2 Å². The number of amides is 1. The Morgan fingerprint density at radius 1 is 1.17 bits per heavy atom. The first kappa shape index (κ1) is 26.2. The van der Waals surface area contributed by atoms with E-state index in [1.807, 2.05) is 18.9 Å². The number of hydrogen-bond acceptors (Lipinski definition) is 4. The summed E-state index contributed by atoms with van der Waals surface area (Å²) in [7, 11) is 3.23. The van der Waals surface area contributed by atoms with Gasteiger partial charge in [-0.15, -0.1) is 0 Å². The predicted octanol–water partition coefficient (Wildman–Crippen LogP) is 4.53. The van der Waals surface area contributed by atoms with Crippen LogP contribution in [0.4, 0.5) is 28.9 Å². The highest BCUT2D eigenvalue weighted by molar-refractivity contribution is 6.07. The molecule has 1 N–H and O–H groups in total. The second kappa shape index (κ2) is 10.1. The van der Waals surface area contributed by atoms with E-state index in [4.69, 9.17) is 0 Å². The molecule has 188 valence electrons. The molecule has 35 heavy (non-hydrogen) atoms. The minimum Gasteiger partial charge on any atom is -0.367 e. The SMILES string of the molecule is C=C/C(=C\C)c1cc(NC(=O)c2cn(C)c(=O)cc2C(F)(F)F)c(N2CCN(C)[C@@H](C)C2)cc1F. The van der Waals surface area contributed by atoms with Crippen LogP contribution in [0.5, 0.6) is 0 Å². The maximum absolute atomic E-state index is 15.1. The smallest absolute Gasteiger partial charge is 0.367 e. The van der Waals surface area contributed by atoms with E-state index in [1.165, 1.54) is 25.3 Å². The van der Waals surface area contributed by atoms with Crippen molar-refractivity contribution < 1.29 is 22.4 Å². The van der Waals surface area contributed by atoms with E-state index < -0.39 is 34.6 Å². The minimum absolute atomic E-state index is 0.134. The summed E-state index contributed by atoms with van der Waals surface area (Å²) in [5.74, 6) is -1.61. The first-order chi connectivity index (χ1) is 16.4. The van der Waals surface area contributed by atoms with Gasteiger partial charge in [0.05, 0.1) is 22.5 Å². The van der Waals surface area contributed by atoms with E-state index in [1.54, 1.807) is 13.0 Å². The van der Waals surface area contributed by atoms with Crippen molar-refractivity contribution in [3.63, 3.8) is 0 Å². The second-order valence-electron chi connectivity index (χ2n) is 8.57. The van der Waals surface area contributed by atoms with Gasteiger partial charge in [0.1, 0.15) is 5.82 Å². The molecule has 0 spiro atoms. The largest absolute Gasteiger partial charge is 0.417 e. The third-order valence-electron chi connectivity index (χ3n) is 6.25. The Morgan fingerprint density at radius 3 is 2.43 bits per heavy atom. The Balaban J connectivity index is 2.13. The number of carbonyl (C=O) groups is 1. The molecule has 1 aromatic carbocycles. The zero-order valence-corrected chi connectivity index (χ0v) is 20.0. The number of pyridine rings is 1. The lowest BCUT2D eigenvalue weighted by Gasteiger charge is -2.39. The van der Waals surface area contributed by atoms with Gasteiger partial charge >= 0.3 is 6.18 Å². The summed E-state index contributed by atoms with van der Waals surface area (Å²) < 4.78 is 56.9. The number of nitrogens with one attached hydrogen (secondary N) is 1. The Morgan fingerprint density at radius 2 is 1.86 bits per heavy atom. The van der Waals surface area contributed by atoms with E-state index >= 15 is 4.39 Å². The molecule has 1 atom stereocenters. The molecular weight excluding hydrogens is 464 g/mol. The molecule has 1 aliphatic heterocycles. The highest BCUT2D eigenvalue weighted by atomic mass is 19.4. The summed E-state index contributed by atoms with van der Waals surface area (Å²) in [5, 5.41) is 2.54. The van der Waals surface area contributed by atoms with Crippen molar-refractivity contribution in [2.45, 2.75) is 26.1 Å². The van der Waals surface area contributed by atoms with Crippen LogP contribution >= 0.6 is 0 Å². The Labute approximate surface area is 201 Å². The van der Waals surface area contributed by atoms with Crippen LogP contribution in [0.15, 0.2) is 47.9 Å². The molecule has 1 aromatic heterocycles. The lowest BCUT2D eigenvalue weighted by atomic mass is 10.0. The second-order valence-corrected chi connectivity index (χ2v) is 8.57. The number of halogens is 4. The molecule has 1 aliphatic rings. The average Bonchev–Trinajstić information content (AvgIpc) is 2.79. The van der Waals surface area contributed by atoms with Gasteiger partial charge in [0.2, 0.25) is 0 Å². The lowest BCUT2D eigenvalue weighted by Crippen LogP contribution is -2.50. The fraction of sp³-hybridized carbons (Fsp3) is 0.360. The topological polar surface area (TPSA) is 57.6 Å². The molecule has 0 radical (unpaired) electrons. The van der Waals surface area contributed by atoms with Crippen LogP contribution in [0.25, 0.3) is 5.57 Å². The summed E-state index contributed by atoms with van der Waals surface area (Å²) in [6.07, 6.45) is -0.964. The summed E-state index contributed by atoms with van der Waals surface area (Å²) in [6.45, 7) is 9.13. The number of benzene rings is 1. The normalized spacial score (nSPS) is 17.4. The maximum atomic E-state index is 15.1. The Hall–Kier alpha value is -3.40. The summed E-state index contributed by atoms with van der Waals surface area (Å²) in [6, 6.07) is 3.21. The molecule has 3 rings (SSSR count). The lowest BCUT2D eigenvalue weighted by molar-refractivity contribution is -0.138. The van der Waals surface area contributed by atoms with Crippen molar-refractivity contribution in [3.05, 3.63) is 76.0 Å². The van der Waals surface area contributed by atoms with E-state index in [0.717, 1.165) is 10.8 Å². The third-order valence-corrected chi connectivity index (χ3v) is 6.25. The molecule has 0 unspecified atom stereocenters. The first-order valence-electron chi connectivity index (χ1n) is 11.0. The molecule has 2 aromatic rings. The van der Waals surface area contributed by atoms with Crippen molar-refractivity contribution >= 4 is 22.9 Å². The molecule has 1 amide bonds. The predicted molar refractivity (Wildman–Crippen MR) is 129 cm³/mol. The minimum atomic E-state index is -4.91. The molecular formula is C25H28F4N4O2. The third kappa shape index (κ3) is 5.48. The molecule has 1 saturated heterocycles. The summed E-state index contributed by atoms with van der Waals surface area (Å²) in [5.41, 5.74) is -1.80. The van der Waals surface area contributed by atoms with Gasteiger partial charge < -0.3 is 19.7 Å². The van der Waals surface area contributed by atoms with Gasteiger partial charge in [-0.3, -0.25) is 9.59 Å². The maximum Gasteiger partial charge on any atom is 0.417 e. The van der Waals surface area contributed by atoms with Crippen LogP contribution in [-0.4, -0.2) is 48.1 Å². The summed E-state index contributed by atoms with van der Waals surface area (Å²) in [4.78, 5) is 29.0. The van der Waals surface area contributed by atoms with Crippen molar-refractivity contribution in [1.82, 2.24) is 9.47 Å². The van der Waals surface area contributed by atoms with Gasteiger partial charge in [-0.2, -0.15) is 13.2 Å². The van der Waals surface area contributed by atoms with Gasteiger partial charge in [-0.25, -0.2) is 4.39 Å². The van der Waals surface area contributed by atoms with Crippen molar-refractivity contribution in [2.24, 2.45) is 7.05 Å². The first-order valence-corrected chi connectivity index (χ1v) is 11.0. The van der Waals surface area contributed by atoms with E-state index in [-0.39, 0.29) is 17.3 Å². The van der Waals surface area contributed by atoms with Gasteiger partial charge in [0, 0.05) is 50.6 Å². The fourth-order valence-electron chi connectivity index (χ4n) is 4.03. The van der Waals surface area contributed by atoms with E-state index in [0.29, 0.717) is 37.0 Å². The average molecular weight is 493 g/mol. The molecule has 2 heterocycles. The highest BCUT2D eigenvalue weighted by Gasteiger charge is 2.36. The number of piperazine rings is 1. The molecule has 1 fully saturated rings. The molecule has 6 nitrogen and oxygen atoms in total. The number of allylic oxidation sites excluding steroid dienone is 3. The number of alkyl halides is 3. The van der Waals surface area contributed by atoms with Gasteiger partial charge in [-0.1, -0.05) is 18.7 Å². The number of anilines is 2. The van der Waals surface area contributed by atoms with Crippen molar-refractivity contribution in [3.8, 4) is 0 Å². The summed E-state index contributed by atoms with van der Waals surface area (Å²) >= 11 is 0. The highest BCUT2D eigenvalue weighted by Crippen LogP contribution is 2.35. The zero-order chi connectivity index (χ0) is 26.1. The van der Waals surface area contributed by atoms with Gasteiger partial charge in [0.15, 0.2) is 0 Å². The number of rotatable bonds is 5. The van der Waals surface area contributed by atoms with Crippen LogP contribution < -0.4 is 15.8 Å². The molecule has 10 heteroatoms. The Kier molecular flexibility index (Phi) is 7.54. The number of aryl methyl sites for hydroxylation is 1. The van der Waals surface area contributed by atoms with Crippen LogP contribution in [0.3, 0.4) is 0 Å². The number of hydrogen-bond donors (Lipinski definition) is 1. The number of aromatic nitrogens is 1. The van der Waals surface area contributed by atoms with Crippen molar-refractivity contribution in [2.75, 3.05) is 36.9 Å². The molecule has 0 saturated carbocycles.